The Hall–Kier alpha value is -0.920. The van der Waals surface area contributed by atoms with Gasteiger partial charge in [0.05, 0.1) is 17.7 Å². The van der Waals surface area contributed by atoms with E-state index in [2.05, 4.69) is 38.8 Å². The molecule has 0 aromatic carbocycles. The predicted molar refractivity (Wildman–Crippen MR) is 67.7 cm³/mol. The largest absolute Gasteiger partial charge is 0.296 e. The number of nitriles is 1. The highest BCUT2D eigenvalue weighted by Gasteiger charge is 2.08. The molecule has 0 amide bonds. The number of halogens is 1. The van der Waals surface area contributed by atoms with Crippen LogP contribution >= 0.6 is 15.9 Å². The lowest BCUT2D eigenvalue weighted by atomic mass is 10.2. The molecule has 0 radical (unpaired) electrons. The average Bonchev–Trinajstić information content (AvgIpc) is 2.30. The van der Waals surface area contributed by atoms with Crippen LogP contribution in [0.4, 0.5) is 0 Å². The molecule has 0 aliphatic rings. The van der Waals surface area contributed by atoms with Gasteiger partial charge in [-0.25, -0.2) is 0 Å². The second-order valence-electron chi connectivity index (χ2n) is 3.83. The molecule has 16 heavy (non-hydrogen) atoms. The van der Waals surface area contributed by atoms with E-state index in [1.807, 2.05) is 19.1 Å². The first kappa shape index (κ1) is 13.1. The lowest BCUT2D eigenvalue weighted by Gasteiger charge is -2.20. The summed E-state index contributed by atoms with van der Waals surface area (Å²) in [5, 5.41) is 8.78. The molecule has 1 rings (SSSR count). The first-order valence-corrected chi connectivity index (χ1v) is 6.17. The van der Waals surface area contributed by atoms with E-state index < -0.39 is 0 Å². The first-order chi connectivity index (χ1) is 7.65. The topological polar surface area (TPSA) is 39.9 Å². The van der Waals surface area contributed by atoms with Crippen LogP contribution in [-0.2, 0) is 6.54 Å². The Morgan fingerprint density at radius 2 is 2.31 bits per heavy atom. The monoisotopic (exact) mass is 281 g/mol. The van der Waals surface area contributed by atoms with Crippen molar-refractivity contribution in [3.8, 4) is 6.07 Å². The molecular weight excluding hydrogens is 266 g/mol. The summed E-state index contributed by atoms with van der Waals surface area (Å²) in [6, 6.07) is 6.25. The number of hydrogen-bond donors (Lipinski definition) is 0. The quantitative estimate of drug-likeness (QED) is 0.833. The molecule has 0 saturated carbocycles. The molecule has 0 spiro atoms. The lowest BCUT2D eigenvalue weighted by Crippen LogP contribution is -2.27. The number of pyridine rings is 1. The molecule has 3 nitrogen and oxygen atoms in total. The van der Waals surface area contributed by atoms with E-state index in [-0.39, 0.29) is 5.92 Å². The van der Waals surface area contributed by atoms with E-state index in [0.717, 1.165) is 29.8 Å². The van der Waals surface area contributed by atoms with Gasteiger partial charge in [0.2, 0.25) is 0 Å². The van der Waals surface area contributed by atoms with E-state index in [1.54, 1.807) is 6.20 Å². The third-order valence-corrected chi connectivity index (χ3v) is 2.84. The van der Waals surface area contributed by atoms with Crippen molar-refractivity contribution in [2.24, 2.45) is 5.92 Å². The summed E-state index contributed by atoms with van der Waals surface area (Å²) >= 11 is 3.36. The maximum absolute atomic E-state index is 8.78. The van der Waals surface area contributed by atoms with Crippen molar-refractivity contribution in [2.45, 2.75) is 20.4 Å². The fraction of sp³-hybridized carbons (Fsp3) is 0.500. The van der Waals surface area contributed by atoms with Gasteiger partial charge in [-0.15, -0.1) is 0 Å². The standard InChI is InChI=1S/C12H16BrN3/c1-3-16(8-10(2)6-14)9-12-5-4-11(13)7-15-12/h4-5,7,10H,3,8-9H2,1-2H3. The molecule has 0 fully saturated rings. The maximum atomic E-state index is 8.78. The Balaban J connectivity index is 2.56. The molecule has 1 aromatic heterocycles. The van der Waals surface area contributed by atoms with Crippen LogP contribution in [-0.4, -0.2) is 23.0 Å². The van der Waals surface area contributed by atoms with Gasteiger partial charge in [-0.1, -0.05) is 6.92 Å². The Morgan fingerprint density at radius 1 is 1.56 bits per heavy atom. The summed E-state index contributed by atoms with van der Waals surface area (Å²) in [6.45, 7) is 6.57. The summed E-state index contributed by atoms with van der Waals surface area (Å²) < 4.78 is 0.990. The predicted octanol–water partition coefficient (Wildman–Crippen LogP) is 2.83. The molecule has 86 valence electrons. The molecular formula is C12H16BrN3. The fourth-order valence-corrected chi connectivity index (χ4v) is 1.70. The van der Waals surface area contributed by atoms with Gasteiger partial charge in [-0.05, 0) is 41.5 Å². The molecule has 1 aromatic rings. The van der Waals surface area contributed by atoms with E-state index in [9.17, 15) is 0 Å². The van der Waals surface area contributed by atoms with Crippen LogP contribution < -0.4 is 0 Å². The first-order valence-electron chi connectivity index (χ1n) is 5.38. The van der Waals surface area contributed by atoms with Crippen LogP contribution in [0.5, 0.6) is 0 Å². The Labute approximate surface area is 105 Å². The summed E-state index contributed by atoms with van der Waals surface area (Å²) in [4.78, 5) is 6.55. The van der Waals surface area contributed by atoms with E-state index in [1.165, 1.54) is 0 Å². The molecule has 1 unspecified atom stereocenters. The maximum Gasteiger partial charge on any atom is 0.0666 e. The van der Waals surface area contributed by atoms with Gasteiger partial charge in [0.1, 0.15) is 0 Å². The van der Waals surface area contributed by atoms with Crippen LogP contribution in [0, 0.1) is 17.2 Å². The highest BCUT2D eigenvalue weighted by atomic mass is 79.9. The summed E-state index contributed by atoms with van der Waals surface area (Å²) in [5.41, 5.74) is 1.04. The number of aromatic nitrogens is 1. The van der Waals surface area contributed by atoms with Crippen LogP contribution in [0.2, 0.25) is 0 Å². The second-order valence-corrected chi connectivity index (χ2v) is 4.74. The SMILES string of the molecule is CCN(Cc1ccc(Br)cn1)CC(C)C#N. The van der Waals surface area contributed by atoms with Gasteiger partial charge < -0.3 is 0 Å². The van der Waals surface area contributed by atoms with E-state index in [0.29, 0.717) is 0 Å². The smallest absolute Gasteiger partial charge is 0.0666 e. The van der Waals surface area contributed by atoms with Gasteiger partial charge >= 0.3 is 0 Å². The summed E-state index contributed by atoms with van der Waals surface area (Å²) in [5.74, 6) is 0.0652. The summed E-state index contributed by atoms with van der Waals surface area (Å²) in [7, 11) is 0. The number of nitrogens with zero attached hydrogens (tertiary/aromatic N) is 3. The van der Waals surface area contributed by atoms with Crippen molar-refractivity contribution in [2.75, 3.05) is 13.1 Å². The summed E-state index contributed by atoms with van der Waals surface area (Å²) in [6.07, 6.45) is 1.80. The van der Waals surface area contributed by atoms with Crippen molar-refractivity contribution in [3.63, 3.8) is 0 Å². The number of hydrogen-bond acceptors (Lipinski definition) is 3. The van der Waals surface area contributed by atoms with Gasteiger partial charge in [0.25, 0.3) is 0 Å². The normalized spacial score (nSPS) is 12.4. The zero-order valence-corrected chi connectivity index (χ0v) is 11.2. The molecule has 1 atom stereocenters. The highest BCUT2D eigenvalue weighted by molar-refractivity contribution is 9.10. The molecule has 4 heteroatoms. The Bertz CT molecular complexity index is 356. The van der Waals surface area contributed by atoms with Crippen LogP contribution in [0.3, 0.4) is 0 Å². The molecule has 0 aliphatic carbocycles. The third kappa shape index (κ3) is 4.30. The van der Waals surface area contributed by atoms with E-state index >= 15 is 0 Å². The van der Waals surface area contributed by atoms with Crippen molar-refractivity contribution in [1.82, 2.24) is 9.88 Å². The average molecular weight is 282 g/mol. The van der Waals surface area contributed by atoms with Crippen LogP contribution in [0.25, 0.3) is 0 Å². The van der Waals surface area contributed by atoms with Crippen molar-refractivity contribution in [3.05, 3.63) is 28.5 Å². The zero-order valence-electron chi connectivity index (χ0n) is 9.65. The zero-order chi connectivity index (χ0) is 12.0. The molecule has 0 aliphatic heterocycles. The Morgan fingerprint density at radius 3 is 2.81 bits per heavy atom. The van der Waals surface area contributed by atoms with Gasteiger partial charge in [-0.2, -0.15) is 5.26 Å². The Kier molecular flexibility index (Phi) is 5.44. The lowest BCUT2D eigenvalue weighted by molar-refractivity contribution is 0.257. The van der Waals surface area contributed by atoms with Crippen molar-refractivity contribution < 1.29 is 0 Å². The van der Waals surface area contributed by atoms with E-state index in [4.69, 9.17) is 5.26 Å². The van der Waals surface area contributed by atoms with Gasteiger partial charge in [-0.3, -0.25) is 9.88 Å². The minimum Gasteiger partial charge on any atom is -0.296 e. The second kappa shape index (κ2) is 6.62. The minimum atomic E-state index is 0.0652. The number of rotatable bonds is 5. The van der Waals surface area contributed by atoms with Gasteiger partial charge in [0.15, 0.2) is 0 Å². The van der Waals surface area contributed by atoms with Crippen LogP contribution in [0.15, 0.2) is 22.8 Å². The highest BCUT2D eigenvalue weighted by Crippen LogP contribution is 2.10. The van der Waals surface area contributed by atoms with Crippen molar-refractivity contribution >= 4 is 15.9 Å². The minimum absolute atomic E-state index is 0.0652. The van der Waals surface area contributed by atoms with Crippen LogP contribution in [0.1, 0.15) is 19.5 Å². The molecule has 0 saturated heterocycles. The molecule has 1 heterocycles. The molecule has 0 N–H and O–H groups in total. The van der Waals surface area contributed by atoms with Crippen molar-refractivity contribution in [1.29, 1.82) is 5.26 Å². The van der Waals surface area contributed by atoms with Gasteiger partial charge in [0, 0.05) is 23.8 Å². The molecule has 0 bridgehead atoms. The third-order valence-electron chi connectivity index (χ3n) is 2.37. The fourth-order valence-electron chi connectivity index (χ4n) is 1.46.